The molecule has 1 aromatic rings. The molecule has 82 valence electrons. The lowest BCUT2D eigenvalue weighted by Crippen LogP contribution is -2.25. The average Bonchev–Trinajstić information content (AvgIpc) is 2.59. The summed E-state index contributed by atoms with van der Waals surface area (Å²) in [6.45, 7) is 2.89. The van der Waals surface area contributed by atoms with Crippen LogP contribution in [0.25, 0.3) is 0 Å². The van der Waals surface area contributed by atoms with Crippen LogP contribution in [0.2, 0.25) is 0 Å². The van der Waals surface area contributed by atoms with Gasteiger partial charge in [-0.25, -0.2) is 0 Å². The molecule has 1 amide bonds. The lowest BCUT2D eigenvalue weighted by Gasteiger charge is -2.13. The van der Waals surface area contributed by atoms with E-state index in [1.54, 1.807) is 9.58 Å². The molecule has 0 spiro atoms. The lowest BCUT2D eigenvalue weighted by molar-refractivity contribution is -0.128. The van der Waals surface area contributed by atoms with Crippen LogP contribution in [0.5, 0.6) is 0 Å². The van der Waals surface area contributed by atoms with E-state index in [9.17, 15) is 9.90 Å². The first-order valence-electron chi connectivity index (χ1n) is 5.01. The molecule has 5 heteroatoms. The summed E-state index contributed by atoms with van der Waals surface area (Å²) in [5.74, 6) is 0.00538. The summed E-state index contributed by atoms with van der Waals surface area (Å²) in [5, 5.41) is 13.6. The third-order valence-corrected chi connectivity index (χ3v) is 2.71. The molecule has 5 nitrogen and oxygen atoms in total. The molecule has 1 aromatic heterocycles. The Morgan fingerprint density at radius 2 is 2.40 bits per heavy atom. The van der Waals surface area contributed by atoms with Gasteiger partial charge in [0.05, 0.1) is 24.8 Å². The molecule has 1 N–H and O–H groups in total. The number of aromatic nitrogens is 2. The second-order valence-corrected chi connectivity index (χ2v) is 4.03. The summed E-state index contributed by atoms with van der Waals surface area (Å²) < 4.78 is 1.78. The van der Waals surface area contributed by atoms with Crippen LogP contribution in [-0.2, 0) is 18.4 Å². The van der Waals surface area contributed by atoms with Gasteiger partial charge in [0.2, 0.25) is 5.91 Å². The SMILES string of the molecule is Cc1cc(CN2CC(O)CC2=O)nn1C. The fourth-order valence-electron chi connectivity index (χ4n) is 1.81. The van der Waals surface area contributed by atoms with Gasteiger partial charge in [0, 0.05) is 19.3 Å². The second kappa shape index (κ2) is 3.66. The number of nitrogens with zero attached hydrogens (tertiary/aromatic N) is 3. The van der Waals surface area contributed by atoms with Crippen molar-refractivity contribution < 1.29 is 9.90 Å². The number of β-amino-alcohol motifs (C(OH)–C–C–N with tert-alkyl or cyclic N) is 1. The largest absolute Gasteiger partial charge is 0.391 e. The first-order valence-corrected chi connectivity index (χ1v) is 5.01. The Bertz CT molecular complexity index is 367. The van der Waals surface area contributed by atoms with Crippen LogP contribution < -0.4 is 0 Å². The highest BCUT2D eigenvalue weighted by Crippen LogP contribution is 2.14. The fraction of sp³-hybridized carbons (Fsp3) is 0.600. The molecule has 1 aliphatic rings. The molecule has 15 heavy (non-hydrogen) atoms. The molecular weight excluding hydrogens is 194 g/mol. The van der Waals surface area contributed by atoms with E-state index in [4.69, 9.17) is 0 Å². The van der Waals surface area contributed by atoms with E-state index in [-0.39, 0.29) is 12.3 Å². The Balaban J connectivity index is 2.06. The topological polar surface area (TPSA) is 58.4 Å². The number of aryl methyl sites for hydroxylation is 2. The van der Waals surface area contributed by atoms with Crippen LogP contribution in [0.15, 0.2) is 6.07 Å². The average molecular weight is 209 g/mol. The van der Waals surface area contributed by atoms with Crippen molar-refractivity contribution in [3.8, 4) is 0 Å². The minimum absolute atomic E-state index is 0.00538. The minimum Gasteiger partial charge on any atom is -0.391 e. The van der Waals surface area contributed by atoms with Crippen molar-refractivity contribution in [2.75, 3.05) is 6.54 Å². The Labute approximate surface area is 88.3 Å². The Morgan fingerprint density at radius 3 is 2.87 bits per heavy atom. The van der Waals surface area contributed by atoms with Crippen molar-refractivity contribution in [3.05, 3.63) is 17.5 Å². The molecule has 0 bridgehead atoms. The summed E-state index contributed by atoms with van der Waals surface area (Å²) >= 11 is 0. The number of carbonyl (C=O) groups is 1. The zero-order valence-corrected chi connectivity index (χ0v) is 8.97. The van der Waals surface area contributed by atoms with Gasteiger partial charge >= 0.3 is 0 Å². The van der Waals surface area contributed by atoms with Gasteiger partial charge in [-0.15, -0.1) is 0 Å². The predicted molar refractivity (Wildman–Crippen MR) is 54.0 cm³/mol. The first kappa shape index (κ1) is 10.2. The van der Waals surface area contributed by atoms with E-state index in [1.165, 1.54) is 0 Å². The number of carbonyl (C=O) groups excluding carboxylic acids is 1. The third kappa shape index (κ3) is 2.02. The second-order valence-electron chi connectivity index (χ2n) is 4.03. The van der Waals surface area contributed by atoms with Crippen LogP contribution in [0.4, 0.5) is 0 Å². The van der Waals surface area contributed by atoms with Gasteiger partial charge in [0.15, 0.2) is 0 Å². The van der Waals surface area contributed by atoms with E-state index >= 15 is 0 Å². The van der Waals surface area contributed by atoms with Crippen molar-refractivity contribution in [2.24, 2.45) is 7.05 Å². The monoisotopic (exact) mass is 209 g/mol. The van der Waals surface area contributed by atoms with Crippen molar-refractivity contribution in [1.29, 1.82) is 0 Å². The quantitative estimate of drug-likeness (QED) is 0.735. The van der Waals surface area contributed by atoms with Crippen molar-refractivity contribution in [2.45, 2.75) is 26.0 Å². The van der Waals surface area contributed by atoms with Crippen molar-refractivity contribution in [1.82, 2.24) is 14.7 Å². The molecule has 1 unspecified atom stereocenters. The van der Waals surface area contributed by atoms with Crippen molar-refractivity contribution >= 4 is 5.91 Å². The maximum absolute atomic E-state index is 11.4. The molecule has 1 aliphatic heterocycles. The van der Waals surface area contributed by atoms with E-state index in [2.05, 4.69) is 5.10 Å². The number of aliphatic hydroxyl groups is 1. The Kier molecular flexibility index (Phi) is 2.48. The van der Waals surface area contributed by atoms with Gasteiger partial charge in [-0.2, -0.15) is 5.10 Å². The van der Waals surface area contributed by atoms with Gasteiger partial charge in [-0.05, 0) is 13.0 Å². The Hall–Kier alpha value is -1.36. The van der Waals surface area contributed by atoms with Crippen LogP contribution in [0, 0.1) is 6.92 Å². The summed E-state index contributed by atoms with van der Waals surface area (Å²) in [4.78, 5) is 13.1. The van der Waals surface area contributed by atoms with E-state index in [1.807, 2.05) is 20.0 Å². The molecule has 0 aliphatic carbocycles. The maximum atomic E-state index is 11.4. The number of hydrogen-bond acceptors (Lipinski definition) is 3. The van der Waals surface area contributed by atoms with Gasteiger partial charge < -0.3 is 10.0 Å². The number of aliphatic hydroxyl groups excluding tert-OH is 1. The zero-order chi connectivity index (χ0) is 11.0. The molecule has 0 saturated carbocycles. The molecule has 1 fully saturated rings. The zero-order valence-electron chi connectivity index (χ0n) is 8.97. The van der Waals surface area contributed by atoms with Crippen LogP contribution >= 0.6 is 0 Å². The lowest BCUT2D eigenvalue weighted by atomic mass is 10.3. The van der Waals surface area contributed by atoms with Gasteiger partial charge in [-0.3, -0.25) is 9.48 Å². The van der Waals surface area contributed by atoms with Crippen molar-refractivity contribution in [3.63, 3.8) is 0 Å². The highest BCUT2D eigenvalue weighted by atomic mass is 16.3. The molecule has 1 atom stereocenters. The smallest absolute Gasteiger partial charge is 0.225 e. The number of amides is 1. The molecule has 2 rings (SSSR count). The van der Waals surface area contributed by atoms with Gasteiger partial charge in [0.1, 0.15) is 0 Å². The summed E-state index contributed by atoms with van der Waals surface area (Å²) in [6.07, 6.45) is -0.270. The predicted octanol–water partition coefficient (Wildman–Crippen LogP) is -0.178. The highest BCUT2D eigenvalue weighted by Gasteiger charge is 2.28. The number of hydrogen-bond donors (Lipinski definition) is 1. The van der Waals surface area contributed by atoms with Crippen LogP contribution in [0.3, 0.4) is 0 Å². The summed E-state index contributed by atoms with van der Waals surface area (Å²) in [7, 11) is 1.87. The van der Waals surface area contributed by atoms with Crippen LogP contribution in [0.1, 0.15) is 17.8 Å². The maximum Gasteiger partial charge on any atom is 0.225 e. The van der Waals surface area contributed by atoms with E-state index in [0.717, 1.165) is 11.4 Å². The molecular formula is C10H15N3O2. The summed E-state index contributed by atoms with van der Waals surface area (Å²) in [5.41, 5.74) is 1.94. The highest BCUT2D eigenvalue weighted by molar-refractivity contribution is 5.78. The van der Waals surface area contributed by atoms with Gasteiger partial charge in [0.25, 0.3) is 0 Å². The van der Waals surface area contributed by atoms with E-state index in [0.29, 0.717) is 13.1 Å². The van der Waals surface area contributed by atoms with Crippen LogP contribution in [-0.4, -0.2) is 38.3 Å². The normalized spacial score (nSPS) is 21.4. The first-order chi connectivity index (χ1) is 7.06. The number of rotatable bonds is 2. The Morgan fingerprint density at radius 1 is 1.67 bits per heavy atom. The fourth-order valence-corrected chi connectivity index (χ4v) is 1.81. The molecule has 2 heterocycles. The summed E-state index contributed by atoms with van der Waals surface area (Å²) in [6, 6.07) is 1.96. The molecule has 1 saturated heterocycles. The minimum atomic E-state index is -0.512. The molecule has 0 radical (unpaired) electrons. The standard InChI is InChI=1S/C10H15N3O2/c1-7-3-8(11-12(7)2)5-13-6-9(14)4-10(13)15/h3,9,14H,4-6H2,1-2H3. The van der Waals surface area contributed by atoms with Gasteiger partial charge in [-0.1, -0.05) is 0 Å². The number of likely N-dealkylation sites (tertiary alicyclic amines) is 1. The molecule has 0 aromatic carbocycles. The van der Waals surface area contributed by atoms with E-state index < -0.39 is 6.10 Å². The third-order valence-electron chi connectivity index (χ3n) is 2.71.